The van der Waals surface area contributed by atoms with Crippen LogP contribution in [0.1, 0.15) is 47.0 Å². The first kappa shape index (κ1) is 15.5. The van der Waals surface area contributed by atoms with Crippen molar-refractivity contribution in [1.82, 2.24) is 20.0 Å². The van der Waals surface area contributed by atoms with Crippen molar-refractivity contribution >= 4 is 11.9 Å². The monoisotopic (exact) mass is 294 g/mol. The summed E-state index contributed by atoms with van der Waals surface area (Å²) in [7, 11) is 1.60. The maximum Gasteiger partial charge on any atom is 0.339 e. The van der Waals surface area contributed by atoms with Crippen molar-refractivity contribution in [3.05, 3.63) is 17.5 Å². The number of carboxylic acid groups (broad SMARTS) is 1. The molecule has 0 saturated carbocycles. The van der Waals surface area contributed by atoms with E-state index in [1.807, 2.05) is 6.92 Å². The van der Waals surface area contributed by atoms with E-state index >= 15 is 0 Å². The van der Waals surface area contributed by atoms with Gasteiger partial charge in [0.1, 0.15) is 5.56 Å². The zero-order valence-electron chi connectivity index (χ0n) is 12.5. The van der Waals surface area contributed by atoms with Crippen LogP contribution in [-0.2, 0) is 7.05 Å². The van der Waals surface area contributed by atoms with Gasteiger partial charge in [0.25, 0.3) is 5.91 Å². The summed E-state index contributed by atoms with van der Waals surface area (Å²) in [6.07, 6.45) is 5.01. The summed E-state index contributed by atoms with van der Waals surface area (Å²) < 4.78 is 1.34. The fraction of sp³-hybridized carbons (Fsp3) is 0.643. The molecule has 0 aromatic carbocycles. The molecule has 116 valence electrons. The Morgan fingerprint density at radius 2 is 2.05 bits per heavy atom. The topological polar surface area (TPSA) is 87.5 Å². The minimum atomic E-state index is -1.14. The molecule has 1 aromatic rings. The molecule has 1 amide bonds. The normalized spacial score (nSPS) is 17.4. The van der Waals surface area contributed by atoms with Gasteiger partial charge in [0.05, 0.1) is 0 Å². The largest absolute Gasteiger partial charge is 0.478 e. The molecule has 7 heteroatoms. The van der Waals surface area contributed by atoms with Crippen LogP contribution in [0.5, 0.6) is 0 Å². The van der Waals surface area contributed by atoms with Crippen LogP contribution in [0, 0.1) is 0 Å². The second-order valence-electron chi connectivity index (χ2n) is 5.61. The van der Waals surface area contributed by atoms with Gasteiger partial charge in [0.15, 0.2) is 5.69 Å². The number of aromatic carboxylic acids is 1. The summed E-state index contributed by atoms with van der Waals surface area (Å²) >= 11 is 0. The standard InChI is InChI=1S/C14H22N4O3/c1-10(8-18-6-4-3-5-7-18)15-13(19)12-11(14(20)21)9-17(2)16-12/h9-10H,3-8H2,1-2H3,(H,15,19)(H,20,21). The molecule has 1 atom stereocenters. The number of likely N-dealkylation sites (tertiary alicyclic amines) is 1. The minimum Gasteiger partial charge on any atom is -0.478 e. The lowest BCUT2D eigenvalue weighted by Crippen LogP contribution is -2.44. The van der Waals surface area contributed by atoms with Gasteiger partial charge < -0.3 is 15.3 Å². The Morgan fingerprint density at radius 3 is 2.67 bits per heavy atom. The fourth-order valence-electron chi connectivity index (χ4n) is 2.68. The van der Waals surface area contributed by atoms with Gasteiger partial charge in [-0.25, -0.2) is 4.79 Å². The van der Waals surface area contributed by atoms with Gasteiger partial charge in [0.2, 0.25) is 0 Å². The van der Waals surface area contributed by atoms with E-state index in [-0.39, 0.29) is 17.3 Å². The van der Waals surface area contributed by atoms with Crippen molar-refractivity contribution in [3.63, 3.8) is 0 Å². The van der Waals surface area contributed by atoms with Gasteiger partial charge in [-0.15, -0.1) is 0 Å². The average Bonchev–Trinajstić information content (AvgIpc) is 2.82. The van der Waals surface area contributed by atoms with E-state index in [2.05, 4.69) is 15.3 Å². The van der Waals surface area contributed by atoms with Crippen LogP contribution in [0.4, 0.5) is 0 Å². The third-order valence-electron chi connectivity index (χ3n) is 3.63. The lowest BCUT2D eigenvalue weighted by Gasteiger charge is -2.29. The number of nitrogens with one attached hydrogen (secondary N) is 1. The van der Waals surface area contributed by atoms with E-state index in [4.69, 9.17) is 5.11 Å². The molecule has 0 radical (unpaired) electrons. The van der Waals surface area contributed by atoms with Crippen molar-refractivity contribution < 1.29 is 14.7 Å². The first-order chi connectivity index (χ1) is 9.97. The Kier molecular flexibility index (Phi) is 4.95. The van der Waals surface area contributed by atoms with Crippen LogP contribution in [0.3, 0.4) is 0 Å². The van der Waals surface area contributed by atoms with E-state index in [0.29, 0.717) is 0 Å². The molecule has 21 heavy (non-hydrogen) atoms. The van der Waals surface area contributed by atoms with E-state index in [9.17, 15) is 9.59 Å². The molecule has 1 aromatic heterocycles. The summed E-state index contributed by atoms with van der Waals surface area (Å²) in [5.74, 6) is -1.57. The number of nitrogens with zero attached hydrogens (tertiary/aromatic N) is 3. The van der Waals surface area contributed by atoms with E-state index in [0.717, 1.165) is 19.6 Å². The van der Waals surface area contributed by atoms with Gasteiger partial charge >= 0.3 is 5.97 Å². The maximum absolute atomic E-state index is 12.2. The molecule has 0 aliphatic carbocycles. The maximum atomic E-state index is 12.2. The molecule has 7 nitrogen and oxygen atoms in total. The number of carboxylic acids is 1. The van der Waals surface area contributed by atoms with Crippen molar-refractivity contribution in [2.24, 2.45) is 7.05 Å². The molecule has 1 aliphatic heterocycles. The second-order valence-corrected chi connectivity index (χ2v) is 5.61. The summed E-state index contributed by atoms with van der Waals surface area (Å²) in [4.78, 5) is 25.6. The molecule has 2 heterocycles. The number of carbonyl (C=O) groups is 2. The van der Waals surface area contributed by atoms with Gasteiger partial charge in [0, 0.05) is 25.8 Å². The van der Waals surface area contributed by atoms with Crippen molar-refractivity contribution in [1.29, 1.82) is 0 Å². The number of aryl methyl sites for hydroxylation is 1. The van der Waals surface area contributed by atoms with Crippen LogP contribution < -0.4 is 5.32 Å². The third kappa shape index (κ3) is 4.04. The average molecular weight is 294 g/mol. The fourth-order valence-corrected chi connectivity index (χ4v) is 2.68. The van der Waals surface area contributed by atoms with Crippen LogP contribution in [0.25, 0.3) is 0 Å². The van der Waals surface area contributed by atoms with Crippen molar-refractivity contribution in [2.75, 3.05) is 19.6 Å². The number of aromatic nitrogens is 2. The Morgan fingerprint density at radius 1 is 1.38 bits per heavy atom. The summed E-state index contributed by atoms with van der Waals surface area (Å²) in [6, 6.07) is -0.0424. The van der Waals surface area contributed by atoms with Gasteiger partial charge in [-0.1, -0.05) is 6.42 Å². The molecule has 0 spiro atoms. The summed E-state index contributed by atoms with van der Waals surface area (Å²) in [5, 5.41) is 15.9. The molecular weight excluding hydrogens is 272 g/mol. The zero-order chi connectivity index (χ0) is 15.4. The Bertz CT molecular complexity index is 520. The number of amides is 1. The highest BCUT2D eigenvalue weighted by atomic mass is 16.4. The predicted molar refractivity (Wildman–Crippen MR) is 77.4 cm³/mol. The molecule has 0 bridgehead atoms. The van der Waals surface area contributed by atoms with Crippen LogP contribution >= 0.6 is 0 Å². The SMILES string of the molecule is CC(CN1CCCCC1)NC(=O)c1nn(C)cc1C(=O)O. The van der Waals surface area contributed by atoms with Crippen LogP contribution in [0.2, 0.25) is 0 Å². The van der Waals surface area contributed by atoms with Crippen molar-refractivity contribution in [2.45, 2.75) is 32.2 Å². The van der Waals surface area contributed by atoms with Gasteiger partial charge in [-0.05, 0) is 32.9 Å². The van der Waals surface area contributed by atoms with E-state index in [1.165, 1.54) is 30.1 Å². The molecule has 1 saturated heterocycles. The molecule has 1 aliphatic rings. The highest BCUT2D eigenvalue weighted by molar-refractivity contribution is 6.03. The minimum absolute atomic E-state index is 0.0319. The molecule has 2 rings (SSSR count). The summed E-state index contributed by atoms with van der Waals surface area (Å²) in [5.41, 5.74) is -0.101. The quantitative estimate of drug-likeness (QED) is 0.835. The number of hydrogen-bond donors (Lipinski definition) is 2. The second kappa shape index (κ2) is 6.71. The molecule has 1 unspecified atom stereocenters. The Balaban J connectivity index is 1.95. The van der Waals surface area contributed by atoms with Gasteiger partial charge in [-0.3, -0.25) is 9.48 Å². The number of carbonyl (C=O) groups excluding carboxylic acids is 1. The lowest BCUT2D eigenvalue weighted by molar-refractivity contribution is 0.0690. The highest BCUT2D eigenvalue weighted by Gasteiger charge is 2.23. The first-order valence-corrected chi connectivity index (χ1v) is 7.27. The number of hydrogen-bond acceptors (Lipinski definition) is 4. The Labute approximate surface area is 123 Å². The highest BCUT2D eigenvalue weighted by Crippen LogP contribution is 2.10. The van der Waals surface area contributed by atoms with E-state index < -0.39 is 11.9 Å². The predicted octanol–water partition coefficient (Wildman–Crippen LogP) is 0.722. The Hall–Kier alpha value is -1.89. The smallest absolute Gasteiger partial charge is 0.339 e. The third-order valence-corrected chi connectivity index (χ3v) is 3.63. The molecule has 2 N–H and O–H groups in total. The van der Waals surface area contributed by atoms with Crippen molar-refractivity contribution in [3.8, 4) is 0 Å². The molecule has 1 fully saturated rings. The molecular formula is C14H22N4O3. The number of piperidine rings is 1. The van der Waals surface area contributed by atoms with Gasteiger partial charge in [-0.2, -0.15) is 5.10 Å². The van der Waals surface area contributed by atoms with Crippen LogP contribution in [-0.4, -0.2) is 57.3 Å². The lowest BCUT2D eigenvalue weighted by atomic mass is 10.1. The zero-order valence-corrected chi connectivity index (χ0v) is 12.5. The van der Waals surface area contributed by atoms with Crippen LogP contribution in [0.15, 0.2) is 6.20 Å². The first-order valence-electron chi connectivity index (χ1n) is 7.27. The number of rotatable bonds is 5. The summed E-state index contributed by atoms with van der Waals surface area (Å²) in [6.45, 7) is 4.82. The van der Waals surface area contributed by atoms with E-state index in [1.54, 1.807) is 7.05 Å².